The molecule has 2 rings (SSSR count). The van der Waals surface area contributed by atoms with Crippen LogP contribution < -0.4 is 10.5 Å². The molecule has 0 aliphatic heterocycles. The molecule has 0 unspecified atom stereocenters. The van der Waals surface area contributed by atoms with E-state index in [2.05, 4.69) is 13.0 Å². The molecule has 0 bridgehead atoms. The predicted molar refractivity (Wildman–Crippen MR) is 73.8 cm³/mol. The molecule has 3 nitrogen and oxygen atoms in total. The van der Waals surface area contributed by atoms with Gasteiger partial charge in [0, 0.05) is 17.0 Å². The molecule has 4 heteroatoms. The zero-order chi connectivity index (χ0) is 12.8. The highest BCUT2D eigenvalue weighted by atomic mass is 32.2. The van der Waals surface area contributed by atoms with E-state index < -0.39 is 0 Å². The van der Waals surface area contributed by atoms with E-state index in [1.165, 1.54) is 4.90 Å². The Morgan fingerprint density at radius 3 is 2.83 bits per heavy atom. The summed E-state index contributed by atoms with van der Waals surface area (Å²) in [6.45, 7) is 3.04. The summed E-state index contributed by atoms with van der Waals surface area (Å²) in [5.41, 5.74) is 6.88. The quantitative estimate of drug-likeness (QED) is 0.811. The van der Waals surface area contributed by atoms with Crippen LogP contribution in [0.2, 0.25) is 0 Å². The Labute approximate surface area is 111 Å². The number of nitrogens with two attached hydrogens (primary N) is 1. The average molecular weight is 263 g/mol. The van der Waals surface area contributed by atoms with Crippen LogP contribution in [0, 0.1) is 0 Å². The van der Waals surface area contributed by atoms with Crippen molar-refractivity contribution in [3.8, 4) is 5.75 Å². The lowest BCUT2D eigenvalue weighted by atomic mass is 10.2. The Kier molecular flexibility index (Phi) is 4.73. The molecular formula is C14H17NO2S. The van der Waals surface area contributed by atoms with Crippen molar-refractivity contribution in [3.05, 3.63) is 47.9 Å². The van der Waals surface area contributed by atoms with E-state index in [-0.39, 0.29) is 0 Å². The van der Waals surface area contributed by atoms with Gasteiger partial charge >= 0.3 is 0 Å². The van der Waals surface area contributed by atoms with Crippen LogP contribution in [-0.2, 0) is 13.2 Å². The van der Waals surface area contributed by atoms with Crippen LogP contribution >= 0.6 is 11.8 Å². The Morgan fingerprint density at radius 2 is 2.17 bits per heavy atom. The third kappa shape index (κ3) is 3.09. The Morgan fingerprint density at radius 1 is 1.28 bits per heavy atom. The van der Waals surface area contributed by atoms with E-state index >= 15 is 0 Å². The zero-order valence-corrected chi connectivity index (χ0v) is 11.2. The maximum atomic E-state index is 5.81. The van der Waals surface area contributed by atoms with Crippen LogP contribution in [0.5, 0.6) is 5.75 Å². The fourth-order valence-electron chi connectivity index (χ4n) is 1.72. The first-order chi connectivity index (χ1) is 8.85. The van der Waals surface area contributed by atoms with Crippen molar-refractivity contribution in [1.82, 2.24) is 0 Å². The molecule has 0 radical (unpaired) electrons. The van der Waals surface area contributed by atoms with Gasteiger partial charge in [-0.05, 0) is 30.0 Å². The molecule has 18 heavy (non-hydrogen) atoms. The maximum absolute atomic E-state index is 5.81. The molecule has 0 atom stereocenters. The summed E-state index contributed by atoms with van der Waals surface area (Å²) in [7, 11) is 0. The van der Waals surface area contributed by atoms with Gasteiger partial charge in [-0.15, -0.1) is 11.8 Å². The Hall–Kier alpha value is -1.39. The highest BCUT2D eigenvalue weighted by Crippen LogP contribution is 2.30. The van der Waals surface area contributed by atoms with E-state index in [1.54, 1.807) is 18.0 Å². The van der Waals surface area contributed by atoms with Gasteiger partial charge in [0.1, 0.15) is 18.1 Å². The van der Waals surface area contributed by atoms with Crippen LogP contribution in [0.15, 0.2) is 45.9 Å². The van der Waals surface area contributed by atoms with Crippen molar-refractivity contribution < 1.29 is 9.15 Å². The molecule has 2 N–H and O–H groups in total. The van der Waals surface area contributed by atoms with Gasteiger partial charge in [0.2, 0.25) is 0 Å². The van der Waals surface area contributed by atoms with Gasteiger partial charge in [0.15, 0.2) is 0 Å². The fraction of sp³-hybridized carbons (Fsp3) is 0.286. The molecule has 0 saturated heterocycles. The number of furan rings is 1. The van der Waals surface area contributed by atoms with Gasteiger partial charge in [-0.2, -0.15) is 0 Å². The minimum atomic E-state index is 0.431. The molecule has 0 aliphatic carbocycles. The third-order valence-corrected chi connectivity index (χ3v) is 3.53. The van der Waals surface area contributed by atoms with Gasteiger partial charge in [-0.1, -0.05) is 13.0 Å². The second-order valence-electron chi connectivity index (χ2n) is 3.74. The summed E-state index contributed by atoms with van der Waals surface area (Å²) in [5.74, 6) is 2.67. The first-order valence-corrected chi connectivity index (χ1v) is 6.93. The van der Waals surface area contributed by atoms with Crippen molar-refractivity contribution in [2.75, 3.05) is 5.75 Å². The SMILES string of the molecule is CCSc1cccc(OCc2ccco2)c1CN. The number of hydrogen-bond acceptors (Lipinski definition) is 4. The maximum Gasteiger partial charge on any atom is 0.146 e. The van der Waals surface area contributed by atoms with E-state index in [0.29, 0.717) is 13.2 Å². The highest BCUT2D eigenvalue weighted by Gasteiger charge is 2.08. The number of benzene rings is 1. The van der Waals surface area contributed by atoms with Crippen molar-refractivity contribution in [1.29, 1.82) is 0 Å². The lowest BCUT2D eigenvalue weighted by molar-refractivity contribution is 0.267. The molecule has 1 heterocycles. The van der Waals surface area contributed by atoms with Crippen LogP contribution in [0.4, 0.5) is 0 Å². The molecule has 2 aromatic rings. The van der Waals surface area contributed by atoms with E-state index in [1.807, 2.05) is 24.3 Å². The normalized spacial score (nSPS) is 10.6. The molecule has 0 fully saturated rings. The predicted octanol–water partition coefficient (Wildman–Crippen LogP) is 3.43. The van der Waals surface area contributed by atoms with Crippen LogP contribution in [-0.4, -0.2) is 5.75 Å². The lowest BCUT2D eigenvalue weighted by Crippen LogP contribution is -2.04. The largest absolute Gasteiger partial charge is 0.485 e. The fourth-order valence-corrected chi connectivity index (χ4v) is 2.56. The third-order valence-electron chi connectivity index (χ3n) is 2.54. The summed E-state index contributed by atoms with van der Waals surface area (Å²) in [4.78, 5) is 1.19. The molecule has 0 saturated carbocycles. The zero-order valence-electron chi connectivity index (χ0n) is 10.4. The molecule has 1 aromatic heterocycles. The second kappa shape index (κ2) is 6.52. The van der Waals surface area contributed by atoms with Crippen LogP contribution in [0.25, 0.3) is 0 Å². The van der Waals surface area contributed by atoms with E-state index in [4.69, 9.17) is 14.9 Å². The molecule has 96 valence electrons. The highest BCUT2D eigenvalue weighted by molar-refractivity contribution is 7.99. The minimum Gasteiger partial charge on any atom is -0.485 e. The Bertz CT molecular complexity index is 483. The Balaban J connectivity index is 2.13. The first kappa shape index (κ1) is 13.1. The second-order valence-corrected chi connectivity index (χ2v) is 5.04. The van der Waals surface area contributed by atoms with Crippen molar-refractivity contribution in [2.24, 2.45) is 5.73 Å². The van der Waals surface area contributed by atoms with Crippen molar-refractivity contribution in [2.45, 2.75) is 25.0 Å². The van der Waals surface area contributed by atoms with Gasteiger partial charge in [0.05, 0.1) is 6.26 Å². The minimum absolute atomic E-state index is 0.431. The van der Waals surface area contributed by atoms with Gasteiger partial charge < -0.3 is 14.9 Å². The van der Waals surface area contributed by atoms with Crippen molar-refractivity contribution >= 4 is 11.8 Å². The summed E-state index contributed by atoms with van der Waals surface area (Å²) in [6, 6.07) is 9.77. The lowest BCUT2D eigenvalue weighted by Gasteiger charge is -2.13. The van der Waals surface area contributed by atoms with E-state index in [0.717, 1.165) is 22.8 Å². The molecular weight excluding hydrogens is 246 g/mol. The standard InChI is InChI=1S/C14H17NO2S/c1-2-18-14-7-3-6-13(12(14)9-15)17-10-11-5-4-8-16-11/h3-8H,2,9-10,15H2,1H3. The van der Waals surface area contributed by atoms with Gasteiger partial charge in [-0.25, -0.2) is 0 Å². The van der Waals surface area contributed by atoms with E-state index in [9.17, 15) is 0 Å². The molecule has 0 spiro atoms. The topological polar surface area (TPSA) is 48.4 Å². The summed E-state index contributed by atoms with van der Waals surface area (Å²) >= 11 is 1.78. The van der Waals surface area contributed by atoms with Crippen LogP contribution in [0.3, 0.4) is 0 Å². The van der Waals surface area contributed by atoms with Crippen LogP contribution in [0.1, 0.15) is 18.2 Å². The number of rotatable bonds is 6. The number of thioether (sulfide) groups is 1. The summed E-state index contributed by atoms with van der Waals surface area (Å²) in [5, 5.41) is 0. The smallest absolute Gasteiger partial charge is 0.146 e. The average Bonchev–Trinajstić information content (AvgIpc) is 2.90. The van der Waals surface area contributed by atoms with Crippen molar-refractivity contribution in [3.63, 3.8) is 0 Å². The monoisotopic (exact) mass is 263 g/mol. The van der Waals surface area contributed by atoms with Gasteiger partial charge in [0.25, 0.3) is 0 Å². The molecule has 0 aliphatic rings. The summed E-state index contributed by atoms with van der Waals surface area (Å²) in [6.07, 6.45) is 1.64. The van der Waals surface area contributed by atoms with Gasteiger partial charge in [-0.3, -0.25) is 0 Å². The first-order valence-electron chi connectivity index (χ1n) is 5.95. The molecule has 1 aromatic carbocycles. The number of ether oxygens (including phenoxy) is 1. The summed E-state index contributed by atoms with van der Waals surface area (Å²) < 4.78 is 11.0. The number of hydrogen-bond donors (Lipinski definition) is 1. The molecule has 0 amide bonds.